The zero-order valence-electron chi connectivity index (χ0n) is 9.20. The topological polar surface area (TPSA) is 75.4 Å². The zero-order chi connectivity index (χ0) is 11.5. The van der Waals surface area contributed by atoms with Gasteiger partial charge in [0.15, 0.2) is 0 Å². The molecule has 0 spiro atoms. The minimum Gasteiger partial charge on any atom is -0.396 e. The molecule has 0 atom stereocenters. The quantitative estimate of drug-likeness (QED) is 0.776. The Morgan fingerprint density at radius 2 is 2.33 bits per heavy atom. The average Bonchev–Trinajstić information content (AvgIpc) is 2.50. The van der Waals surface area contributed by atoms with Crippen molar-refractivity contribution < 1.29 is 14.4 Å². The monoisotopic (exact) mass is 212 g/mol. The zero-order valence-corrected chi connectivity index (χ0v) is 9.20. The second-order valence-electron chi connectivity index (χ2n) is 4.11. The van der Waals surface area contributed by atoms with Crippen LogP contribution in [0.1, 0.15) is 36.4 Å². The van der Waals surface area contributed by atoms with Crippen molar-refractivity contribution in [2.24, 2.45) is 0 Å². The molecule has 2 N–H and O–H groups in total. The Morgan fingerprint density at radius 3 is 2.80 bits per heavy atom. The van der Waals surface area contributed by atoms with Crippen molar-refractivity contribution in [3.8, 4) is 0 Å². The van der Waals surface area contributed by atoms with Gasteiger partial charge in [0.2, 0.25) is 0 Å². The number of rotatable bonds is 4. The van der Waals surface area contributed by atoms with E-state index < -0.39 is 5.54 Å². The predicted molar refractivity (Wildman–Crippen MR) is 54.5 cm³/mol. The van der Waals surface area contributed by atoms with Crippen molar-refractivity contribution in [2.75, 3.05) is 6.61 Å². The van der Waals surface area contributed by atoms with Crippen LogP contribution in [0.5, 0.6) is 0 Å². The number of aliphatic hydroxyl groups is 1. The molecule has 1 aromatic heterocycles. The van der Waals surface area contributed by atoms with E-state index in [0.717, 1.165) is 0 Å². The van der Waals surface area contributed by atoms with Gasteiger partial charge >= 0.3 is 0 Å². The first-order valence-corrected chi connectivity index (χ1v) is 4.81. The summed E-state index contributed by atoms with van der Waals surface area (Å²) in [5.74, 6) is 0.263. The van der Waals surface area contributed by atoms with Crippen molar-refractivity contribution in [1.29, 1.82) is 0 Å². The summed E-state index contributed by atoms with van der Waals surface area (Å²) in [6, 6.07) is 0. The van der Waals surface area contributed by atoms with E-state index >= 15 is 0 Å². The molecule has 5 nitrogen and oxygen atoms in total. The van der Waals surface area contributed by atoms with E-state index in [1.54, 1.807) is 6.92 Å². The van der Waals surface area contributed by atoms with Gasteiger partial charge in [-0.15, -0.1) is 0 Å². The summed E-state index contributed by atoms with van der Waals surface area (Å²) in [4.78, 5) is 11.7. The van der Waals surface area contributed by atoms with Gasteiger partial charge in [-0.05, 0) is 27.2 Å². The second kappa shape index (κ2) is 4.44. The summed E-state index contributed by atoms with van der Waals surface area (Å²) < 4.78 is 4.80. The van der Waals surface area contributed by atoms with Crippen LogP contribution in [0.2, 0.25) is 0 Å². The Kier molecular flexibility index (Phi) is 3.47. The molecular weight excluding hydrogens is 196 g/mol. The van der Waals surface area contributed by atoms with Crippen LogP contribution in [0, 0.1) is 6.92 Å². The number of carbonyl (C=O) groups excluding carboxylic acids is 1. The van der Waals surface area contributed by atoms with Gasteiger partial charge in [-0.2, -0.15) is 0 Å². The summed E-state index contributed by atoms with van der Waals surface area (Å²) in [7, 11) is 0. The lowest BCUT2D eigenvalue weighted by Gasteiger charge is -2.24. The summed E-state index contributed by atoms with van der Waals surface area (Å²) in [6.45, 7) is 5.42. The fourth-order valence-electron chi connectivity index (χ4n) is 1.23. The number of hydrogen-bond acceptors (Lipinski definition) is 4. The summed E-state index contributed by atoms with van der Waals surface area (Å²) in [5, 5.41) is 15.2. The highest BCUT2D eigenvalue weighted by molar-refractivity contribution is 5.95. The molecule has 0 bridgehead atoms. The highest BCUT2D eigenvalue weighted by atomic mass is 16.5. The molecule has 0 radical (unpaired) electrons. The van der Waals surface area contributed by atoms with Crippen LogP contribution < -0.4 is 5.32 Å². The van der Waals surface area contributed by atoms with Crippen molar-refractivity contribution in [3.63, 3.8) is 0 Å². The van der Waals surface area contributed by atoms with Gasteiger partial charge < -0.3 is 14.9 Å². The summed E-state index contributed by atoms with van der Waals surface area (Å²) in [5.41, 5.74) is -0.00348. The molecule has 84 valence electrons. The number of aromatic nitrogens is 1. The normalized spacial score (nSPS) is 11.5. The van der Waals surface area contributed by atoms with E-state index in [9.17, 15) is 4.79 Å². The highest BCUT2D eigenvalue weighted by Gasteiger charge is 2.22. The highest BCUT2D eigenvalue weighted by Crippen LogP contribution is 2.11. The number of aliphatic hydroxyl groups excluding tert-OH is 1. The lowest BCUT2D eigenvalue weighted by atomic mass is 10.0. The van der Waals surface area contributed by atoms with Crippen LogP contribution in [0.15, 0.2) is 10.7 Å². The first-order chi connectivity index (χ1) is 6.96. The smallest absolute Gasteiger partial charge is 0.256 e. The third-order valence-corrected chi connectivity index (χ3v) is 2.18. The minimum absolute atomic E-state index is 0.0376. The fraction of sp³-hybridized carbons (Fsp3) is 0.600. The van der Waals surface area contributed by atoms with Crippen LogP contribution in [-0.2, 0) is 0 Å². The van der Waals surface area contributed by atoms with E-state index in [2.05, 4.69) is 10.5 Å². The Hall–Kier alpha value is -1.36. The van der Waals surface area contributed by atoms with Gasteiger partial charge in [0, 0.05) is 12.1 Å². The van der Waals surface area contributed by atoms with Gasteiger partial charge in [0.1, 0.15) is 11.3 Å². The molecule has 0 saturated heterocycles. The van der Waals surface area contributed by atoms with Crippen LogP contribution in [0.4, 0.5) is 0 Å². The maximum atomic E-state index is 11.7. The molecule has 1 amide bonds. The lowest BCUT2D eigenvalue weighted by Crippen LogP contribution is -2.44. The van der Waals surface area contributed by atoms with Crippen molar-refractivity contribution >= 4 is 5.91 Å². The standard InChI is InChI=1S/C10H16N2O3/c1-7-8(6-11-15-7)9(14)12-10(2,3)4-5-13/h6,13H,4-5H2,1-3H3,(H,12,14). The number of carbonyl (C=O) groups is 1. The van der Waals surface area contributed by atoms with Crippen LogP contribution >= 0.6 is 0 Å². The molecule has 0 aromatic carbocycles. The van der Waals surface area contributed by atoms with Gasteiger partial charge in [-0.25, -0.2) is 0 Å². The number of nitrogens with one attached hydrogen (secondary N) is 1. The molecule has 0 fully saturated rings. The number of hydrogen-bond donors (Lipinski definition) is 2. The first kappa shape index (κ1) is 11.7. The third kappa shape index (κ3) is 3.06. The minimum atomic E-state index is -0.435. The summed E-state index contributed by atoms with van der Waals surface area (Å²) in [6.07, 6.45) is 1.89. The molecule has 0 unspecified atom stereocenters. The lowest BCUT2D eigenvalue weighted by molar-refractivity contribution is 0.0898. The first-order valence-electron chi connectivity index (χ1n) is 4.81. The molecular formula is C10H16N2O3. The van der Waals surface area contributed by atoms with Gasteiger partial charge in [-0.1, -0.05) is 5.16 Å². The Balaban J connectivity index is 2.68. The fourth-order valence-corrected chi connectivity index (χ4v) is 1.23. The number of aryl methyl sites for hydroxylation is 1. The number of amides is 1. The number of nitrogens with zero attached hydrogens (tertiary/aromatic N) is 1. The molecule has 15 heavy (non-hydrogen) atoms. The molecule has 0 aliphatic carbocycles. The third-order valence-electron chi connectivity index (χ3n) is 2.18. The van der Waals surface area contributed by atoms with Crippen LogP contribution in [0.25, 0.3) is 0 Å². The SMILES string of the molecule is Cc1oncc1C(=O)NC(C)(C)CCO. The maximum absolute atomic E-state index is 11.7. The predicted octanol–water partition coefficient (Wildman–Crippen LogP) is 0.874. The largest absolute Gasteiger partial charge is 0.396 e. The van der Waals surface area contributed by atoms with E-state index in [0.29, 0.717) is 17.7 Å². The molecule has 1 rings (SSSR count). The van der Waals surface area contributed by atoms with Crippen LogP contribution in [-0.4, -0.2) is 28.3 Å². The van der Waals surface area contributed by atoms with E-state index in [1.165, 1.54) is 6.20 Å². The molecule has 0 aliphatic rings. The second-order valence-corrected chi connectivity index (χ2v) is 4.11. The van der Waals surface area contributed by atoms with E-state index in [-0.39, 0.29) is 12.5 Å². The van der Waals surface area contributed by atoms with E-state index in [4.69, 9.17) is 9.63 Å². The van der Waals surface area contributed by atoms with Gasteiger partial charge in [0.25, 0.3) is 5.91 Å². The van der Waals surface area contributed by atoms with Gasteiger partial charge in [0.05, 0.1) is 6.20 Å². The Morgan fingerprint density at radius 1 is 1.67 bits per heavy atom. The molecule has 1 aromatic rings. The Bertz CT molecular complexity index is 344. The molecule has 1 heterocycles. The summed E-state index contributed by atoms with van der Waals surface area (Å²) >= 11 is 0. The van der Waals surface area contributed by atoms with Gasteiger partial charge in [-0.3, -0.25) is 4.79 Å². The molecule has 0 aliphatic heterocycles. The van der Waals surface area contributed by atoms with Crippen molar-refractivity contribution in [1.82, 2.24) is 10.5 Å². The molecule has 5 heteroatoms. The van der Waals surface area contributed by atoms with Crippen molar-refractivity contribution in [3.05, 3.63) is 17.5 Å². The molecule has 0 saturated carbocycles. The average molecular weight is 212 g/mol. The maximum Gasteiger partial charge on any atom is 0.256 e. The Labute approximate surface area is 88.5 Å². The van der Waals surface area contributed by atoms with E-state index in [1.807, 2.05) is 13.8 Å². The van der Waals surface area contributed by atoms with Crippen molar-refractivity contribution in [2.45, 2.75) is 32.7 Å². The van der Waals surface area contributed by atoms with Crippen LogP contribution in [0.3, 0.4) is 0 Å².